The predicted molar refractivity (Wildman–Crippen MR) is 87.6 cm³/mol. The molecular formula is C16H38N2O. The Labute approximate surface area is 121 Å². The number of unbranched alkanes of at least 4 members (excludes halogenated alkanes) is 4. The van der Waals surface area contributed by atoms with Gasteiger partial charge >= 0.3 is 0 Å². The molecule has 0 aliphatic heterocycles. The Balaban J connectivity index is -0.000000579. The van der Waals surface area contributed by atoms with Gasteiger partial charge in [-0.25, -0.2) is 0 Å². The highest BCUT2D eigenvalue weighted by atomic mass is 16.1. The van der Waals surface area contributed by atoms with Gasteiger partial charge in [-0.15, -0.1) is 0 Å². The first-order valence-electron chi connectivity index (χ1n) is 8.22. The molecule has 0 aromatic carbocycles. The van der Waals surface area contributed by atoms with Gasteiger partial charge in [0.05, 0.1) is 0 Å². The van der Waals surface area contributed by atoms with Crippen molar-refractivity contribution in [2.75, 3.05) is 20.1 Å². The van der Waals surface area contributed by atoms with E-state index in [-0.39, 0.29) is 5.91 Å². The Morgan fingerprint density at radius 1 is 0.842 bits per heavy atom. The number of nitrogens with one attached hydrogen (secondary N) is 2. The SMILES string of the molecule is CC.CC.CCCCNC(=O)CCCCCCNC. The lowest BCUT2D eigenvalue weighted by Crippen LogP contribution is -2.23. The maximum absolute atomic E-state index is 11.3. The molecule has 0 fully saturated rings. The zero-order valence-corrected chi connectivity index (χ0v) is 14.3. The second-order valence-corrected chi connectivity index (χ2v) is 3.97. The summed E-state index contributed by atoms with van der Waals surface area (Å²) in [5.41, 5.74) is 0. The number of rotatable bonds is 10. The second-order valence-electron chi connectivity index (χ2n) is 3.97. The number of carbonyl (C=O) groups excluding carboxylic acids is 1. The molecule has 2 N–H and O–H groups in total. The third kappa shape index (κ3) is 26.9. The van der Waals surface area contributed by atoms with Crippen LogP contribution in [0.15, 0.2) is 0 Å². The van der Waals surface area contributed by atoms with E-state index in [9.17, 15) is 4.79 Å². The molecule has 3 nitrogen and oxygen atoms in total. The molecule has 0 aromatic rings. The summed E-state index contributed by atoms with van der Waals surface area (Å²) in [5, 5.41) is 6.06. The van der Waals surface area contributed by atoms with E-state index in [1.165, 1.54) is 19.3 Å². The summed E-state index contributed by atoms with van der Waals surface area (Å²) >= 11 is 0. The molecule has 3 heteroatoms. The monoisotopic (exact) mass is 274 g/mol. The molecule has 0 bridgehead atoms. The lowest BCUT2D eigenvalue weighted by Gasteiger charge is -2.04. The van der Waals surface area contributed by atoms with Gasteiger partial charge in [-0.2, -0.15) is 0 Å². The molecule has 0 spiro atoms. The van der Waals surface area contributed by atoms with E-state index in [4.69, 9.17) is 0 Å². The van der Waals surface area contributed by atoms with E-state index >= 15 is 0 Å². The van der Waals surface area contributed by atoms with Crippen LogP contribution in [0.3, 0.4) is 0 Å². The maximum Gasteiger partial charge on any atom is 0.219 e. The topological polar surface area (TPSA) is 41.1 Å². The molecule has 0 heterocycles. The van der Waals surface area contributed by atoms with Gasteiger partial charge in [0.15, 0.2) is 0 Å². The summed E-state index contributed by atoms with van der Waals surface area (Å²) in [7, 11) is 1.97. The summed E-state index contributed by atoms with van der Waals surface area (Å²) in [4.78, 5) is 11.3. The van der Waals surface area contributed by atoms with Gasteiger partial charge in [-0.3, -0.25) is 4.79 Å². The largest absolute Gasteiger partial charge is 0.356 e. The van der Waals surface area contributed by atoms with Crippen LogP contribution in [-0.2, 0) is 4.79 Å². The Hall–Kier alpha value is -0.570. The first kappa shape index (κ1) is 23.5. The number of hydrogen-bond acceptors (Lipinski definition) is 2. The van der Waals surface area contributed by atoms with Gasteiger partial charge in [0.1, 0.15) is 0 Å². The van der Waals surface area contributed by atoms with E-state index in [1.54, 1.807) is 0 Å². The van der Waals surface area contributed by atoms with Crippen LogP contribution >= 0.6 is 0 Å². The van der Waals surface area contributed by atoms with Crippen molar-refractivity contribution in [2.24, 2.45) is 0 Å². The van der Waals surface area contributed by atoms with Crippen molar-refractivity contribution >= 4 is 5.91 Å². The molecule has 0 radical (unpaired) electrons. The van der Waals surface area contributed by atoms with Crippen molar-refractivity contribution in [3.8, 4) is 0 Å². The Kier molecular flexibility index (Phi) is 32.3. The summed E-state index contributed by atoms with van der Waals surface area (Å²) < 4.78 is 0. The van der Waals surface area contributed by atoms with Crippen LogP contribution in [0.4, 0.5) is 0 Å². The first-order valence-corrected chi connectivity index (χ1v) is 8.22. The summed E-state index contributed by atoms with van der Waals surface area (Å²) in [6.45, 7) is 12.1. The smallest absolute Gasteiger partial charge is 0.219 e. The molecule has 0 rings (SSSR count). The molecule has 118 valence electrons. The minimum atomic E-state index is 0.220. The molecule has 1 amide bonds. The van der Waals surface area contributed by atoms with Crippen LogP contribution in [0.5, 0.6) is 0 Å². The van der Waals surface area contributed by atoms with Crippen LogP contribution in [0.25, 0.3) is 0 Å². The van der Waals surface area contributed by atoms with Gasteiger partial charge in [-0.05, 0) is 32.9 Å². The molecule has 19 heavy (non-hydrogen) atoms. The van der Waals surface area contributed by atoms with Crippen molar-refractivity contribution < 1.29 is 4.79 Å². The standard InChI is InChI=1S/C12H26N2O.2C2H6/c1-3-4-11-14-12(15)9-7-5-6-8-10-13-2;2*1-2/h13H,3-11H2,1-2H3,(H,14,15);2*1-2H3. The highest BCUT2D eigenvalue weighted by Gasteiger charge is 1.99. The maximum atomic E-state index is 11.3. The third-order valence-corrected chi connectivity index (χ3v) is 2.43. The fourth-order valence-corrected chi connectivity index (χ4v) is 1.43. The minimum Gasteiger partial charge on any atom is -0.356 e. The van der Waals surface area contributed by atoms with Crippen LogP contribution in [0.1, 0.15) is 79.6 Å². The van der Waals surface area contributed by atoms with E-state index < -0.39 is 0 Å². The van der Waals surface area contributed by atoms with Crippen molar-refractivity contribution in [1.82, 2.24) is 10.6 Å². The Morgan fingerprint density at radius 3 is 1.95 bits per heavy atom. The molecule has 0 atom stereocenters. The van der Waals surface area contributed by atoms with Crippen LogP contribution in [-0.4, -0.2) is 26.0 Å². The van der Waals surface area contributed by atoms with E-state index in [0.717, 1.165) is 32.4 Å². The zero-order valence-electron chi connectivity index (χ0n) is 14.3. The summed E-state index contributed by atoms with van der Waals surface area (Å²) in [5.74, 6) is 0.220. The predicted octanol–water partition coefficient (Wildman–Crippen LogP) is 4.13. The van der Waals surface area contributed by atoms with Gasteiger partial charge in [0, 0.05) is 13.0 Å². The summed E-state index contributed by atoms with van der Waals surface area (Å²) in [6.07, 6.45) is 7.57. The van der Waals surface area contributed by atoms with Gasteiger partial charge < -0.3 is 10.6 Å². The molecular weight excluding hydrogens is 236 g/mol. The average molecular weight is 274 g/mol. The molecule has 0 aromatic heterocycles. The second kappa shape index (κ2) is 26.1. The third-order valence-electron chi connectivity index (χ3n) is 2.43. The molecule has 0 saturated heterocycles. The van der Waals surface area contributed by atoms with Crippen LogP contribution < -0.4 is 10.6 Å². The highest BCUT2D eigenvalue weighted by molar-refractivity contribution is 5.75. The molecule has 0 unspecified atom stereocenters. The lowest BCUT2D eigenvalue weighted by atomic mass is 10.1. The van der Waals surface area contributed by atoms with E-state index in [0.29, 0.717) is 6.42 Å². The normalized spacial score (nSPS) is 8.74. The lowest BCUT2D eigenvalue weighted by molar-refractivity contribution is -0.121. The van der Waals surface area contributed by atoms with Crippen molar-refractivity contribution in [3.63, 3.8) is 0 Å². The number of hydrogen-bond donors (Lipinski definition) is 2. The van der Waals surface area contributed by atoms with Crippen molar-refractivity contribution in [2.45, 2.75) is 79.6 Å². The number of amides is 1. The fraction of sp³-hybridized carbons (Fsp3) is 0.938. The van der Waals surface area contributed by atoms with E-state index in [2.05, 4.69) is 17.6 Å². The molecule has 0 aliphatic carbocycles. The Morgan fingerprint density at radius 2 is 1.42 bits per heavy atom. The molecule has 0 aliphatic rings. The fourth-order valence-electron chi connectivity index (χ4n) is 1.43. The minimum absolute atomic E-state index is 0.220. The first-order chi connectivity index (χ1) is 9.31. The van der Waals surface area contributed by atoms with E-state index in [1.807, 2.05) is 34.7 Å². The number of carbonyl (C=O) groups is 1. The van der Waals surface area contributed by atoms with Crippen LogP contribution in [0.2, 0.25) is 0 Å². The summed E-state index contributed by atoms with van der Waals surface area (Å²) in [6, 6.07) is 0. The zero-order chi connectivity index (χ0) is 15.4. The van der Waals surface area contributed by atoms with Gasteiger partial charge in [0.25, 0.3) is 0 Å². The molecule has 0 saturated carbocycles. The highest BCUT2D eigenvalue weighted by Crippen LogP contribution is 2.02. The van der Waals surface area contributed by atoms with Crippen molar-refractivity contribution in [3.05, 3.63) is 0 Å². The average Bonchev–Trinajstić information content (AvgIpc) is 2.47. The van der Waals surface area contributed by atoms with Crippen molar-refractivity contribution in [1.29, 1.82) is 0 Å². The quantitative estimate of drug-likeness (QED) is 0.588. The van der Waals surface area contributed by atoms with Gasteiger partial charge in [-0.1, -0.05) is 53.9 Å². The Bertz CT molecular complexity index is 150. The van der Waals surface area contributed by atoms with Crippen LogP contribution in [0, 0.1) is 0 Å². The van der Waals surface area contributed by atoms with Gasteiger partial charge in [0.2, 0.25) is 5.91 Å².